The Kier molecular flexibility index (Phi) is 9.01. The van der Waals surface area contributed by atoms with Crippen LogP contribution >= 0.6 is 25.3 Å². The lowest BCUT2D eigenvalue weighted by atomic mass is 9.74. The predicted octanol–water partition coefficient (Wildman–Crippen LogP) is 8.16. The van der Waals surface area contributed by atoms with Gasteiger partial charge in [0.25, 0.3) is 0 Å². The van der Waals surface area contributed by atoms with E-state index in [4.69, 9.17) is 0 Å². The van der Waals surface area contributed by atoms with E-state index in [1.54, 1.807) is 0 Å². The Balaban J connectivity index is 2.51. The zero-order valence-electron chi connectivity index (χ0n) is 20.2. The fourth-order valence-corrected chi connectivity index (χ4v) is 4.72. The lowest BCUT2D eigenvalue weighted by Crippen LogP contribution is -2.22. The molecule has 30 heavy (non-hydrogen) atoms. The average Bonchev–Trinajstić information content (AvgIpc) is 2.69. The smallest absolute Gasteiger partial charge is 0.0146 e. The van der Waals surface area contributed by atoms with Crippen LogP contribution in [-0.4, -0.2) is 11.5 Å². The van der Waals surface area contributed by atoms with Crippen molar-refractivity contribution < 1.29 is 0 Å². The lowest BCUT2D eigenvalue weighted by Gasteiger charge is -2.31. The average molecular weight is 443 g/mol. The first-order chi connectivity index (χ1) is 14.0. The summed E-state index contributed by atoms with van der Waals surface area (Å²) in [7, 11) is 0. The molecule has 0 heterocycles. The highest BCUT2D eigenvalue weighted by Crippen LogP contribution is 2.37. The number of hydrogen-bond donors (Lipinski definition) is 2. The molecule has 0 nitrogen and oxygen atoms in total. The molecule has 0 aliphatic rings. The van der Waals surface area contributed by atoms with E-state index < -0.39 is 0 Å². The second-order valence-corrected chi connectivity index (χ2v) is 11.4. The van der Waals surface area contributed by atoms with Crippen LogP contribution < -0.4 is 0 Å². The highest BCUT2D eigenvalue weighted by atomic mass is 32.1. The third-order valence-electron chi connectivity index (χ3n) is 6.33. The highest BCUT2D eigenvalue weighted by molar-refractivity contribution is 7.80. The van der Waals surface area contributed by atoms with Crippen molar-refractivity contribution in [3.63, 3.8) is 0 Å². The molecule has 0 N–H and O–H groups in total. The maximum Gasteiger partial charge on any atom is 0.0146 e. The Hall–Kier alpha value is -0.860. The van der Waals surface area contributed by atoms with Crippen LogP contribution in [0, 0.1) is 0 Å². The molecule has 2 aromatic carbocycles. The number of rotatable bonds is 9. The fraction of sp³-hybridized carbons (Fsp3) is 0.571. The van der Waals surface area contributed by atoms with E-state index in [1.807, 2.05) is 0 Å². The van der Waals surface area contributed by atoms with Crippen LogP contribution in [0.4, 0.5) is 0 Å². The van der Waals surface area contributed by atoms with E-state index in [9.17, 15) is 0 Å². The van der Waals surface area contributed by atoms with Crippen molar-refractivity contribution in [1.29, 1.82) is 0 Å². The molecule has 0 aliphatic heterocycles. The Morgan fingerprint density at radius 3 is 1.73 bits per heavy atom. The molecule has 2 rings (SSSR count). The van der Waals surface area contributed by atoms with Crippen LogP contribution in [0.25, 0.3) is 0 Å². The summed E-state index contributed by atoms with van der Waals surface area (Å²) >= 11 is 8.90. The maximum absolute atomic E-state index is 4.46. The largest absolute Gasteiger partial charge is 0.179 e. The first kappa shape index (κ1) is 25.4. The van der Waals surface area contributed by atoms with Crippen molar-refractivity contribution in [1.82, 2.24) is 0 Å². The van der Waals surface area contributed by atoms with Crippen LogP contribution in [0.2, 0.25) is 0 Å². The van der Waals surface area contributed by atoms with Gasteiger partial charge in [0.15, 0.2) is 0 Å². The Morgan fingerprint density at radius 1 is 0.733 bits per heavy atom. The fourth-order valence-electron chi connectivity index (χ4n) is 4.40. The maximum atomic E-state index is 4.46. The van der Waals surface area contributed by atoms with Gasteiger partial charge in [-0.25, -0.2) is 0 Å². The summed E-state index contributed by atoms with van der Waals surface area (Å²) < 4.78 is 0. The molecule has 0 aromatic heterocycles. The van der Waals surface area contributed by atoms with Gasteiger partial charge in [0.2, 0.25) is 0 Å². The molecule has 0 spiro atoms. The van der Waals surface area contributed by atoms with Crippen molar-refractivity contribution >= 4 is 25.3 Å². The van der Waals surface area contributed by atoms with E-state index in [0.717, 1.165) is 37.2 Å². The molecule has 0 saturated carbocycles. The standard InChI is InChI=1S/C28H42S2/c1-20(2)25-14-12-23(18-21(25)10-8-16-29)28(6,7)24-13-15-26(27(3,4)5)22(19-24)11-9-17-30/h12-15,18-20,29-30H,8-11,16-17H2,1-7H3. The Morgan fingerprint density at radius 2 is 1.23 bits per heavy atom. The lowest BCUT2D eigenvalue weighted by molar-refractivity contribution is 0.577. The van der Waals surface area contributed by atoms with Crippen LogP contribution in [0.15, 0.2) is 36.4 Å². The van der Waals surface area contributed by atoms with Gasteiger partial charge in [0.05, 0.1) is 0 Å². The molecule has 0 fully saturated rings. The number of benzene rings is 2. The molecule has 0 radical (unpaired) electrons. The van der Waals surface area contributed by atoms with Crippen LogP contribution in [0.5, 0.6) is 0 Å². The quantitative estimate of drug-likeness (QED) is 0.360. The normalized spacial score (nSPS) is 12.6. The Bertz CT molecular complexity index is 825. The number of hydrogen-bond acceptors (Lipinski definition) is 2. The zero-order valence-corrected chi connectivity index (χ0v) is 22.0. The summed E-state index contributed by atoms with van der Waals surface area (Å²) in [5.74, 6) is 2.42. The summed E-state index contributed by atoms with van der Waals surface area (Å²) in [6.45, 7) is 16.3. The third kappa shape index (κ3) is 6.10. The van der Waals surface area contributed by atoms with Crippen LogP contribution in [0.3, 0.4) is 0 Å². The van der Waals surface area contributed by atoms with Crippen molar-refractivity contribution in [2.75, 3.05) is 11.5 Å². The van der Waals surface area contributed by atoms with E-state index in [2.05, 4.69) is 110 Å². The molecule has 2 heteroatoms. The summed E-state index contributed by atoms with van der Waals surface area (Å²) in [4.78, 5) is 0. The van der Waals surface area contributed by atoms with Gasteiger partial charge < -0.3 is 0 Å². The minimum absolute atomic E-state index is 0.0304. The third-order valence-corrected chi connectivity index (χ3v) is 6.96. The molecular weight excluding hydrogens is 400 g/mol. The second-order valence-electron chi connectivity index (χ2n) is 10.5. The van der Waals surface area contributed by atoms with E-state index in [0.29, 0.717) is 5.92 Å². The highest BCUT2D eigenvalue weighted by Gasteiger charge is 2.27. The molecule has 166 valence electrons. The minimum atomic E-state index is -0.0304. The van der Waals surface area contributed by atoms with Crippen molar-refractivity contribution in [2.45, 2.75) is 90.9 Å². The van der Waals surface area contributed by atoms with Gasteiger partial charge in [-0.05, 0) is 81.9 Å². The molecule has 0 bridgehead atoms. The Labute approximate surface area is 197 Å². The van der Waals surface area contributed by atoms with Gasteiger partial charge >= 0.3 is 0 Å². The second kappa shape index (κ2) is 10.6. The SMILES string of the molecule is CC(C)c1ccc(C(C)(C)c2ccc(C(C)(C)C)c(CCCS)c2)cc1CCCS. The summed E-state index contributed by atoms with van der Waals surface area (Å²) in [5, 5.41) is 0. The number of aryl methyl sites for hydroxylation is 2. The van der Waals surface area contributed by atoms with Crippen molar-refractivity contribution in [2.24, 2.45) is 0 Å². The molecule has 0 unspecified atom stereocenters. The van der Waals surface area contributed by atoms with Gasteiger partial charge in [0.1, 0.15) is 0 Å². The molecule has 0 atom stereocenters. The first-order valence-electron chi connectivity index (χ1n) is 11.5. The molecule has 0 amide bonds. The van der Waals surface area contributed by atoms with Crippen LogP contribution in [0.1, 0.15) is 101 Å². The number of thiol groups is 2. The van der Waals surface area contributed by atoms with Gasteiger partial charge in [-0.1, -0.05) is 84.9 Å². The predicted molar refractivity (Wildman–Crippen MR) is 142 cm³/mol. The summed E-state index contributed by atoms with van der Waals surface area (Å²) in [5.41, 5.74) is 8.86. The van der Waals surface area contributed by atoms with Gasteiger partial charge in [-0.2, -0.15) is 25.3 Å². The van der Waals surface area contributed by atoms with Crippen molar-refractivity contribution in [3.05, 3.63) is 69.8 Å². The van der Waals surface area contributed by atoms with Gasteiger partial charge in [-0.15, -0.1) is 0 Å². The van der Waals surface area contributed by atoms with Crippen LogP contribution in [-0.2, 0) is 23.7 Å². The summed E-state index contributed by atoms with van der Waals surface area (Å²) in [6, 6.07) is 14.4. The molecule has 0 saturated heterocycles. The van der Waals surface area contributed by atoms with Crippen molar-refractivity contribution in [3.8, 4) is 0 Å². The zero-order chi connectivity index (χ0) is 22.5. The van der Waals surface area contributed by atoms with Gasteiger partial charge in [0, 0.05) is 5.41 Å². The summed E-state index contributed by atoms with van der Waals surface area (Å²) in [6.07, 6.45) is 4.45. The topological polar surface area (TPSA) is 0 Å². The monoisotopic (exact) mass is 442 g/mol. The van der Waals surface area contributed by atoms with Gasteiger partial charge in [-0.3, -0.25) is 0 Å². The molecular formula is C28H42S2. The van der Waals surface area contributed by atoms with E-state index in [-0.39, 0.29) is 10.8 Å². The van der Waals surface area contributed by atoms with E-state index in [1.165, 1.54) is 33.4 Å². The molecule has 0 aliphatic carbocycles. The molecule has 2 aromatic rings. The van der Waals surface area contributed by atoms with E-state index >= 15 is 0 Å². The first-order valence-corrected chi connectivity index (χ1v) is 12.8. The minimum Gasteiger partial charge on any atom is -0.179 e.